The van der Waals surface area contributed by atoms with E-state index in [4.69, 9.17) is 4.74 Å². The molecule has 3 aromatic rings. The molecule has 112 valence electrons. The third kappa shape index (κ3) is 2.20. The second-order valence-electron chi connectivity index (χ2n) is 5.02. The van der Waals surface area contributed by atoms with Gasteiger partial charge in [0, 0.05) is 18.9 Å². The summed E-state index contributed by atoms with van der Waals surface area (Å²) in [6.45, 7) is 1.83. The van der Waals surface area contributed by atoms with E-state index in [0.717, 1.165) is 5.69 Å². The Hall–Kier alpha value is -2.82. The molecule has 0 N–H and O–H groups in total. The third-order valence-corrected chi connectivity index (χ3v) is 3.66. The molecule has 0 spiro atoms. The van der Waals surface area contributed by atoms with Gasteiger partial charge in [0.2, 0.25) is 0 Å². The van der Waals surface area contributed by atoms with E-state index in [2.05, 4.69) is 4.98 Å². The number of methoxy groups -OCH3 is 1. The van der Waals surface area contributed by atoms with Gasteiger partial charge in [-0.3, -0.25) is 9.20 Å². The minimum atomic E-state index is -0.107. The van der Waals surface area contributed by atoms with Crippen molar-refractivity contribution in [2.24, 2.45) is 0 Å². The molecule has 5 heteroatoms. The molecule has 0 aliphatic rings. The maximum Gasteiger partial charge on any atom is 0.276 e. The number of benzene rings is 1. The zero-order chi connectivity index (χ0) is 15.7. The first kappa shape index (κ1) is 14.1. The van der Waals surface area contributed by atoms with Crippen LogP contribution in [0.15, 0.2) is 48.7 Å². The van der Waals surface area contributed by atoms with Crippen molar-refractivity contribution in [3.05, 3.63) is 60.0 Å². The normalized spacial score (nSPS) is 10.7. The number of para-hydroxylation sites is 1. The van der Waals surface area contributed by atoms with Crippen molar-refractivity contribution in [3.63, 3.8) is 0 Å². The zero-order valence-electron chi connectivity index (χ0n) is 12.8. The van der Waals surface area contributed by atoms with E-state index < -0.39 is 0 Å². The lowest BCUT2D eigenvalue weighted by atomic mass is 10.2. The first-order valence-corrected chi connectivity index (χ1v) is 6.98. The van der Waals surface area contributed by atoms with Crippen LogP contribution in [0.1, 0.15) is 16.2 Å². The molecule has 3 rings (SSSR count). The smallest absolute Gasteiger partial charge is 0.276 e. The maximum absolute atomic E-state index is 12.9. The van der Waals surface area contributed by atoms with Gasteiger partial charge in [-0.15, -0.1) is 0 Å². The van der Waals surface area contributed by atoms with Gasteiger partial charge in [0.15, 0.2) is 11.4 Å². The van der Waals surface area contributed by atoms with Crippen LogP contribution in [0.25, 0.3) is 5.65 Å². The second-order valence-corrected chi connectivity index (χ2v) is 5.02. The van der Waals surface area contributed by atoms with Crippen LogP contribution < -0.4 is 9.64 Å². The largest absolute Gasteiger partial charge is 0.493 e. The molecule has 2 aromatic heterocycles. The molecule has 2 heterocycles. The highest BCUT2D eigenvalue weighted by molar-refractivity contribution is 6.06. The van der Waals surface area contributed by atoms with Crippen LogP contribution in [0.3, 0.4) is 0 Å². The molecule has 0 radical (unpaired) electrons. The Morgan fingerprint density at radius 3 is 2.59 bits per heavy atom. The van der Waals surface area contributed by atoms with Crippen molar-refractivity contribution in [2.75, 3.05) is 19.1 Å². The first-order valence-electron chi connectivity index (χ1n) is 6.98. The van der Waals surface area contributed by atoms with Gasteiger partial charge < -0.3 is 9.64 Å². The number of nitrogens with zero attached hydrogens (tertiary/aromatic N) is 3. The molecule has 0 saturated carbocycles. The number of aryl methyl sites for hydroxylation is 1. The van der Waals surface area contributed by atoms with E-state index in [1.54, 1.807) is 23.5 Å². The van der Waals surface area contributed by atoms with E-state index in [1.807, 2.05) is 55.6 Å². The van der Waals surface area contributed by atoms with Crippen molar-refractivity contribution < 1.29 is 9.53 Å². The van der Waals surface area contributed by atoms with Crippen LogP contribution >= 0.6 is 0 Å². The van der Waals surface area contributed by atoms with Gasteiger partial charge in [0.1, 0.15) is 5.69 Å². The third-order valence-electron chi connectivity index (χ3n) is 3.66. The van der Waals surface area contributed by atoms with Crippen LogP contribution in [-0.2, 0) is 0 Å². The lowest BCUT2D eigenvalue weighted by Crippen LogP contribution is -2.28. The Bertz CT molecular complexity index is 825. The van der Waals surface area contributed by atoms with Gasteiger partial charge in [-0.25, -0.2) is 4.98 Å². The molecule has 0 bridgehead atoms. The highest BCUT2D eigenvalue weighted by Crippen LogP contribution is 2.23. The summed E-state index contributed by atoms with van der Waals surface area (Å²) in [6.07, 6.45) is 1.82. The van der Waals surface area contributed by atoms with Gasteiger partial charge >= 0.3 is 0 Å². The second kappa shape index (κ2) is 5.52. The van der Waals surface area contributed by atoms with Crippen molar-refractivity contribution in [1.29, 1.82) is 0 Å². The topological polar surface area (TPSA) is 46.8 Å². The first-order chi connectivity index (χ1) is 10.6. The highest BCUT2D eigenvalue weighted by Gasteiger charge is 2.22. The van der Waals surface area contributed by atoms with Crippen molar-refractivity contribution >= 4 is 17.2 Å². The van der Waals surface area contributed by atoms with Crippen molar-refractivity contribution in [1.82, 2.24) is 9.38 Å². The fraction of sp³-hybridized carbons (Fsp3) is 0.176. The predicted molar refractivity (Wildman–Crippen MR) is 85.7 cm³/mol. The number of amides is 1. The molecule has 5 nitrogen and oxygen atoms in total. The van der Waals surface area contributed by atoms with Gasteiger partial charge in [0.05, 0.1) is 12.8 Å². The predicted octanol–water partition coefficient (Wildman–Crippen LogP) is 2.93. The lowest BCUT2D eigenvalue weighted by Gasteiger charge is -2.17. The molecular formula is C17H17N3O2. The molecular weight excluding hydrogens is 278 g/mol. The molecule has 0 atom stereocenters. The number of aromatic nitrogens is 2. The van der Waals surface area contributed by atoms with Gasteiger partial charge in [-0.05, 0) is 31.2 Å². The number of fused-ring (bicyclic) bond motifs is 1. The molecule has 1 amide bonds. The highest BCUT2D eigenvalue weighted by atomic mass is 16.5. The van der Waals surface area contributed by atoms with E-state index in [-0.39, 0.29) is 5.91 Å². The number of hydrogen-bond donors (Lipinski definition) is 0. The average molecular weight is 295 g/mol. The van der Waals surface area contributed by atoms with Crippen LogP contribution in [0.2, 0.25) is 0 Å². The molecule has 0 aliphatic carbocycles. The quantitative estimate of drug-likeness (QED) is 0.746. The van der Waals surface area contributed by atoms with E-state index in [1.165, 1.54) is 0 Å². The summed E-state index contributed by atoms with van der Waals surface area (Å²) in [6, 6.07) is 13.2. The van der Waals surface area contributed by atoms with Gasteiger partial charge in [-0.2, -0.15) is 0 Å². The number of hydrogen-bond acceptors (Lipinski definition) is 3. The Kier molecular flexibility index (Phi) is 3.55. The standard InChI is InChI=1S/C17H17N3O2/c1-12-15(17(21)19(2)13-8-5-4-6-9-13)20-11-7-10-14(22-3)16(20)18-12/h4-11H,1-3H3. The van der Waals surface area contributed by atoms with Crippen molar-refractivity contribution in [2.45, 2.75) is 6.92 Å². The number of carbonyl (C=O) groups is 1. The van der Waals surface area contributed by atoms with E-state index in [0.29, 0.717) is 22.8 Å². The summed E-state index contributed by atoms with van der Waals surface area (Å²) in [5, 5.41) is 0. The Balaban J connectivity index is 2.10. The zero-order valence-corrected chi connectivity index (χ0v) is 12.8. The Labute approximate surface area is 128 Å². The van der Waals surface area contributed by atoms with Gasteiger partial charge in [-0.1, -0.05) is 18.2 Å². The van der Waals surface area contributed by atoms with Gasteiger partial charge in [0.25, 0.3) is 5.91 Å². The SMILES string of the molecule is COc1cccn2c(C(=O)N(C)c3ccccc3)c(C)nc12. The number of carbonyl (C=O) groups excluding carboxylic acids is 1. The number of rotatable bonds is 3. The summed E-state index contributed by atoms with van der Waals surface area (Å²) < 4.78 is 7.09. The number of ether oxygens (including phenoxy) is 1. The minimum Gasteiger partial charge on any atom is -0.493 e. The number of anilines is 1. The minimum absolute atomic E-state index is 0.107. The molecule has 0 saturated heterocycles. The fourth-order valence-corrected chi connectivity index (χ4v) is 2.50. The monoisotopic (exact) mass is 295 g/mol. The van der Waals surface area contributed by atoms with E-state index in [9.17, 15) is 4.79 Å². The van der Waals surface area contributed by atoms with Crippen molar-refractivity contribution in [3.8, 4) is 5.75 Å². The van der Waals surface area contributed by atoms with Crippen LogP contribution in [0.4, 0.5) is 5.69 Å². The number of imidazole rings is 1. The average Bonchev–Trinajstić information content (AvgIpc) is 2.90. The Morgan fingerprint density at radius 1 is 1.18 bits per heavy atom. The maximum atomic E-state index is 12.9. The molecule has 0 fully saturated rings. The fourth-order valence-electron chi connectivity index (χ4n) is 2.50. The molecule has 1 aromatic carbocycles. The van der Waals surface area contributed by atoms with Crippen LogP contribution in [0.5, 0.6) is 5.75 Å². The summed E-state index contributed by atoms with van der Waals surface area (Å²) in [4.78, 5) is 19.0. The van der Waals surface area contributed by atoms with E-state index >= 15 is 0 Å². The van der Waals surface area contributed by atoms with Crippen LogP contribution in [-0.4, -0.2) is 29.4 Å². The lowest BCUT2D eigenvalue weighted by molar-refractivity contribution is 0.0987. The summed E-state index contributed by atoms with van der Waals surface area (Å²) in [7, 11) is 3.35. The Morgan fingerprint density at radius 2 is 1.91 bits per heavy atom. The summed E-state index contributed by atoms with van der Waals surface area (Å²) >= 11 is 0. The molecule has 22 heavy (non-hydrogen) atoms. The summed E-state index contributed by atoms with van der Waals surface area (Å²) in [5.41, 5.74) is 2.70. The molecule has 0 aliphatic heterocycles. The molecule has 0 unspecified atom stereocenters. The summed E-state index contributed by atoms with van der Waals surface area (Å²) in [5.74, 6) is 0.538. The van der Waals surface area contributed by atoms with Crippen LogP contribution in [0, 0.1) is 6.92 Å². The number of pyridine rings is 1.